The quantitative estimate of drug-likeness (QED) is 0.909. The molecule has 1 aromatic heterocycles. The zero-order valence-electron chi connectivity index (χ0n) is 13.1. The van der Waals surface area contributed by atoms with Gasteiger partial charge in [0, 0.05) is 23.2 Å². The van der Waals surface area contributed by atoms with Crippen LogP contribution >= 0.6 is 24.0 Å². The Hall–Kier alpha value is -1.14. The summed E-state index contributed by atoms with van der Waals surface area (Å²) in [5, 5.41) is 4.76. The fourth-order valence-corrected chi connectivity index (χ4v) is 3.25. The van der Waals surface area contributed by atoms with E-state index in [9.17, 15) is 0 Å². The van der Waals surface area contributed by atoms with Gasteiger partial charge in [0.15, 0.2) is 0 Å². The summed E-state index contributed by atoms with van der Waals surface area (Å²) in [4.78, 5) is 6.85. The van der Waals surface area contributed by atoms with Gasteiger partial charge in [-0.3, -0.25) is 4.90 Å². The summed E-state index contributed by atoms with van der Waals surface area (Å²) in [6, 6.07) is 7.82. The van der Waals surface area contributed by atoms with Gasteiger partial charge in [0.2, 0.25) is 11.7 Å². The number of halogens is 2. The molecule has 0 saturated carbocycles. The van der Waals surface area contributed by atoms with E-state index in [1.54, 1.807) is 0 Å². The first-order chi connectivity index (χ1) is 10.7. The lowest BCUT2D eigenvalue weighted by atomic mass is 9.91. The third kappa shape index (κ3) is 4.23. The maximum absolute atomic E-state index is 5.93. The van der Waals surface area contributed by atoms with Crippen LogP contribution in [0.2, 0.25) is 5.02 Å². The van der Waals surface area contributed by atoms with Gasteiger partial charge in [-0.05, 0) is 49.6 Å². The Bertz CT molecular complexity index is 617. The van der Waals surface area contributed by atoms with Gasteiger partial charge in [-0.2, -0.15) is 4.98 Å². The summed E-state index contributed by atoms with van der Waals surface area (Å²) >= 11 is 5.90. The fourth-order valence-electron chi connectivity index (χ4n) is 3.12. The minimum absolute atomic E-state index is 0. The van der Waals surface area contributed by atoms with Gasteiger partial charge in [0.1, 0.15) is 0 Å². The molecule has 2 aromatic rings. The molecule has 1 aliphatic heterocycles. The van der Waals surface area contributed by atoms with Crippen LogP contribution in [-0.2, 0) is 6.54 Å². The predicted octanol–water partition coefficient (Wildman–Crippen LogP) is 3.37. The predicted molar refractivity (Wildman–Crippen MR) is 93.6 cm³/mol. The number of benzene rings is 1. The van der Waals surface area contributed by atoms with Crippen LogP contribution < -0.4 is 5.73 Å². The highest BCUT2D eigenvalue weighted by molar-refractivity contribution is 6.30. The highest BCUT2D eigenvalue weighted by Gasteiger charge is 2.28. The summed E-state index contributed by atoms with van der Waals surface area (Å²) < 4.78 is 5.40. The summed E-state index contributed by atoms with van der Waals surface area (Å²) in [5.74, 6) is 1.84. The van der Waals surface area contributed by atoms with Crippen LogP contribution in [0.1, 0.15) is 25.7 Å². The van der Waals surface area contributed by atoms with Crippen molar-refractivity contribution in [2.24, 2.45) is 11.7 Å². The smallest absolute Gasteiger partial charge is 0.241 e. The van der Waals surface area contributed by atoms with E-state index < -0.39 is 0 Å². The first-order valence-electron chi connectivity index (χ1n) is 7.70. The minimum Gasteiger partial charge on any atom is -0.338 e. The molecule has 23 heavy (non-hydrogen) atoms. The number of aromatic nitrogens is 2. The molecule has 0 bridgehead atoms. The Morgan fingerprint density at radius 3 is 2.78 bits per heavy atom. The van der Waals surface area contributed by atoms with Gasteiger partial charge in [0.25, 0.3) is 0 Å². The van der Waals surface area contributed by atoms with Crippen molar-refractivity contribution < 1.29 is 4.52 Å². The molecule has 1 fully saturated rings. The monoisotopic (exact) mass is 356 g/mol. The molecule has 0 aliphatic carbocycles. The van der Waals surface area contributed by atoms with Crippen molar-refractivity contribution in [3.8, 4) is 11.4 Å². The Balaban J connectivity index is 0.00000192. The number of rotatable bonds is 4. The van der Waals surface area contributed by atoms with Crippen LogP contribution in [0.4, 0.5) is 0 Å². The van der Waals surface area contributed by atoms with Crippen molar-refractivity contribution in [3.05, 3.63) is 35.2 Å². The van der Waals surface area contributed by atoms with Crippen LogP contribution in [0, 0.1) is 5.92 Å². The maximum Gasteiger partial charge on any atom is 0.241 e. The van der Waals surface area contributed by atoms with Gasteiger partial charge in [-0.15, -0.1) is 12.4 Å². The molecule has 0 spiro atoms. The molecule has 2 N–H and O–H groups in total. The Morgan fingerprint density at radius 2 is 2.09 bits per heavy atom. The molecule has 0 amide bonds. The summed E-state index contributed by atoms with van der Waals surface area (Å²) in [7, 11) is 0. The van der Waals surface area contributed by atoms with Crippen LogP contribution in [0.25, 0.3) is 11.4 Å². The van der Waals surface area contributed by atoms with Crippen LogP contribution in [-0.4, -0.2) is 34.2 Å². The number of likely N-dealkylation sites (tertiary alicyclic amines) is 1. The van der Waals surface area contributed by atoms with E-state index in [1.807, 2.05) is 24.3 Å². The molecule has 5 nitrogen and oxygen atoms in total. The van der Waals surface area contributed by atoms with Crippen LogP contribution in [0.5, 0.6) is 0 Å². The standard InChI is InChI=1S/C16H21ClN4O.ClH/c1-11-3-2-8-21(14(11)9-18)10-15-19-16(20-22-15)12-4-6-13(17)7-5-12;/h4-7,11,14H,2-3,8-10,18H2,1H3;1H. The van der Waals surface area contributed by atoms with E-state index in [-0.39, 0.29) is 12.4 Å². The summed E-state index contributed by atoms with van der Waals surface area (Å²) in [5.41, 5.74) is 6.83. The van der Waals surface area contributed by atoms with E-state index in [0.717, 1.165) is 12.1 Å². The van der Waals surface area contributed by atoms with Crippen molar-refractivity contribution >= 4 is 24.0 Å². The van der Waals surface area contributed by atoms with Crippen molar-refractivity contribution in [1.29, 1.82) is 0 Å². The van der Waals surface area contributed by atoms with E-state index in [4.69, 9.17) is 21.9 Å². The van der Waals surface area contributed by atoms with Gasteiger partial charge >= 0.3 is 0 Å². The molecule has 2 atom stereocenters. The Morgan fingerprint density at radius 1 is 1.35 bits per heavy atom. The largest absolute Gasteiger partial charge is 0.338 e. The number of nitrogens with zero attached hydrogens (tertiary/aromatic N) is 3. The molecule has 1 saturated heterocycles. The Kier molecular flexibility index (Phi) is 6.41. The molecule has 0 radical (unpaired) electrons. The average Bonchev–Trinajstić information content (AvgIpc) is 2.97. The highest BCUT2D eigenvalue weighted by atomic mass is 35.5. The first kappa shape index (κ1) is 18.2. The van der Waals surface area contributed by atoms with Gasteiger partial charge in [-0.25, -0.2) is 0 Å². The number of hydrogen-bond donors (Lipinski definition) is 1. The van der Waals surface area contributed by atoms with Gasteiger partial charge < -0.3 is 10.3 Å². The molecule has 2 unspecified atom stereocenters. The molecule has 126 valence electrons. The van der Waals surface area contributed by atoms with Crippen LogP contribution in [0.3, 0.4) is 0 Å². The summed E-state index contributed by atoms with van der Waals surface area (Å²) in [6.07, 6.45) is 2.42. The normalized spacial score (nSPS) is 21.9. The van der Waals surface area contributed by atoms with Crippen LogP contribution in [0.15, 0.2) is 28.8 Å². The SMILES string of the molecule is CC1CCCN(Cc2nc(-c3ccc(Cl)cc3)no2)C1CN.Cl. The number of nitrogens with two attached hydrogens (primary N) is 1. The molecular weight excluding hydrogens is 335 g/mol. The molecular formula is C16H22Cl2N4O. The molecule has 7 heteroatoms. The molecule has 3 rings (SSSR count). The number of hydrogen-bond acceptors (Lipinski definition) is 5. The lowest BCUT2D eigenvalue weighted by molar-refractivity contribution is 0.0874. The second kappa shape index (κ2) is 8.11. The second-order valence-corrected chi connectivity index (χ2v) is 6.35. The van der Waals surface area contributed by atoms with Crippen molar-refractivity contribution in [3.63, 3.8) is 0 Å². The van der Waals surface area contributed by atoms with E-state index >= 15 is 0 Å². The van der Waals surface area contributed by atoms with E-state index in [1.165, 1.54) is 12.8 Å². The first-order valence-corrected chi connectivity index (χ1v) is 8.08. The molecule has 1 aromatic carbocycles. The number of piperidine rings is 1. The lowest BCUT2D eigenvalue weighted by Crippen LogP contribution is -2.48. The maximum atomic E-state index is 5.93. The lowest BCUT2D eigenvalue weighted by Gasteiger charge is -2.38. The van der Waals surface area contributed by atoms with Crippen molar-refractivity contribution in [1.82, 2.24) is 15.0 Å². The van der Waals surface area contributed by atoms with Crippen molar-refractivity contribution in [2.75, 3.05) is 13.1 Å². The fraction of sp³-hybridized carbons (Fsp3) is 0.500. The summed E-state index contributed by atoms with van der Waals surface area (Å²) in [6.45, 7) is 4.62. The minimum atomic E-state index is 0. The molecule has 1 aliphatic rings. The highest BCUT2D eigenvalue weighted by Crippen LogP contribution is 2.25. The van der Waals surface area contributed by atoms with Gasteiger partial charge in [-0.1, -0.05) is 23.7 Å². The third-order valence-electron chi connectivity index (χ3n) is 4.38. The topological polar surface area (TPSA) is 68.2 Å². The zero-order chi connectivity index (χ0) is 15.5. The second-order valence-electron chi connectivity index (χ2n) is 5.91. The third-order valence-corrected chi connectivity index (χ3v) is 4.63. The average molecular weight is 357 g/mol. The van der Waals surface area contributed by atoms with E-state index in [2.05, 4.69) is 22.0 Å². The van der Waals surface area contributed by atoms with Crippen molar-refractivity contribution in [2.45, 2.75) is 32.4 Å². The molecule has 2 heterocycles. The zero-order valence-corrected chi connectivity index (χ0v) is 14.7. The van der Waals surface area contributed by atoms with E-state index in [0.29, 0.717) is 41.8 Å². The van der Waals surface area contributed by atoms with Gasteiger partial charge in [0.05, 0.1) is 6.54 Å². The Labute approximate surface area is 147 Å².